The van der Waals surface area contributed by atoms with Crippen LogP contribution in [-0.4, -0.2) is 39.9 Å². The van der Waals surface area contributed by atoms with Crippen LogP contribution >= 0.6 is 23.2 Å². The monoisotopic (exact) mass is 421 g/mol. The number of rotatable bonds is 6. The normalized spacial score (nSPS) is 10.9. The maximum absolute atomic E-state index is 12.7. The SMILES string of the molecule is CCOC(=O)c1c(C)[nH]c(C(=O)COc2ncnc3c(Cl)cc(Cl)cc23)c1C. The summed E-state index contributed by atoms with van der Waals surface area (Å²) >= 11 is 12.2. The molecule has 7 nitrogen and oxygen atoms in total. The van der Waals surface area contributed by atoms with E-state index in [0.29, 0.717) is 37.8 Å². The molecule has 0 atom stereocenters. The second-order valence-corrected chi connectivity index (χ2v) is 6.86. The molecule has 0 aliphatic carbocycles. The van der Waals surface area contributed by atoms with E-state index in [1.165, 1.54) is 6.33 Å². The standard InChI is InChI=1S/C19H17Cl2N3O4/c1-4-27-19(26)15-9(2)16(24-10(15)3)14(25)7-28-18-12-5-11(20)6-13(21)17(12)22-8-23-18/h5-6,8,24H,4,7H2,1-3H3. The zero-order valence-electron chi connectivity index (χ0n) is 15.4. The van der Waals surface area contributed by atoms with Crippen molar-refractivity contribution in [1.29, 1.82) is 0 Å². The molecule has 3 rings (SSSR count). The number of Topliss-reactive ketones (excluding diaryl/α,β-unsaturated/α-hetero) is 1. The van der Waals surface area contributed by atoms with Gasteiger partial charge in [0.05, 0.1) is 33.8 Å². The lowest BCUT2D eigenvalue weighted by Gasteiger charge is -2.08. The number of nitrogens with one attached hydrogen (secondary N) is 1. The molecule has 3 aromatic rings. The number of fused-ring (bicyclic) bond motifs is 1. The largest absolute Gasteiger partial charge is 0.469 e. The van der Waals surface area contributed by atoms with Crippen molar-refractivity contribution in [3.63, 3.8) is 0 Å². The van der Waals surface area contributed by atoms with Crippen LogP contribution in [0.2, 0.25) is 10.0 Å². The van der Waals surface area contributed by atoms with Crippen LogP contribution in [0.25, 0.3) is 10.9 Å². The molecule has 0 amide bonds. The molecule has 0 unspecified atom stereocenters. The molecule has 1 N–H and O–H groups in total. The minimum Gasteiger partial charge on any atom is -0.469 e. The van der Waals surface area contributed by atoms with Crippen LogP contribution in [0.4, 0.5) is 0 Å². The highest BCUT2D eigenvalue weighted by Crippen LogP contribution is 2.31. The average molecular weight is 422 g/mol. The fourth-order valence-electron chi connectivity index (χ4n) is 2.93. The third-order valence-corrected chi connectivity index (χ3v) is 4.66. The van der Waals surface area contributed by atoms with Gasteiger partial charge in [0.25, 0.3) is 0 Å². The Balaban J connectivity index is 1.85. The van der Waals surface area contributed by atoms with E-state index in [1.807, 2.05) is 0 Å². The Kier molecular flexibility index (Phi) is 5.86. The van der Waals surface area contributed by atoms with E-state index in [4.69, 9.17) is 32.7 Å². The van der Waals surface area contributed by atoms with Crippen LogP contribution in [0.3, 0.4) is 0 Å². The molecule has 0 saturated carbocycles. The number of H-pyrrole nitrogens is 1. The number of aromatic nitrogens is 3. The van der Waals surface area contributed by atoms with Gasteiger partial charge in [-0.25, -0.2) is 14.8 Å². The molecule has 1 aromatic carbocycles. The number of nitrogens with zero attached hydrogens (tertiary/aromatic N) is 2. The highest BCUT2D eigenvalue weighted by molar-refractivity contribution is 6.38. The maximum atomic E-state index is 12.7. The number of aryl methyl sites for hydroxylation is 1. The van der Waals surface area contributed by atoms with Crippen molar-refractivity contribution in [2.75, 3.05) is 13.2 Å². The summed E-state index contributed by atoms with van der Waals surface area (Å²) in [5.74, 6) is -0.620. The van der Waals surface area contributed by atoms with Crippen LogP contribution < -0.4 is 4.74 Å². The number of hydrogen-bond donors (Lipinski definition) is 1. The summed E-state index contributed by atoms with van der Waals surface area (Å²) < 4.78 is 10.6. The highest BCUT2D eigenvalue weighted by Gasteiger charge is 2.23. The van der Waals surface area contributed by atoms with E-state index < -0.39 is 5.97 Å². The van der Waals surface area contributed by atoms with Gasteiger partial charge in [0.15, 0.2) is 6.61 Å². The first kappa shape index (κ1) is 20.1. The predicted molar refractivity (Wildman–Crippen MR) is 106 cm³/mol. The number of esters is 1. The van der Waals surface area contributed by atoms with E-state index in [9.17, 15) is 9.59 Å². The number of carbonyl (C=O) groups excluding carboxylic acids is 2. The molecule has 0 fully saturated rings. The lowest BCUT2D eigenvalue weighted by atomic mass is 10.1. The number of carbonyl (C=O) groups is 2. The maximum Gasteiger partial charge on any atom is 0.340 e. The average Bonchev–Trinajstić information content (AvgIpc) is 2.94. The van der Waals surface area contributed by atoms with Gasteiger partial charge >= 0.3 is 5.97 Å². The molecule has 9 heteroatoms. The van der Waals surface area contributed by atoms with Crippen LogP contribution in [-0.2, 0) is 4.74 Å². The number of halogens is 2. The number of hydrogen-bond acceptors (Lipinski definition) is 6. The van der Waals surface area contributed by atoms with Crippen molar-refractivity contribution in [3.8, 4) is 5.88 Å². The fraction of sp³-hybridized carbons (Fsp3) is 0.263. The lowest BCUT2D eigenvalue weighted by Crippen LogP contribution is -2.14. The molecule has 0 bridgehead atoms. The fourth-order valence-corrected chi connectivity index (χ4v) is 3.47. The smallest absolute Gasteiger partial charge is 0.340 e. The van der Waals surface area contributed by atoms with Crippen molar-refractivity contribution >= 4 is 45.9 Å². The third-order valence-electron chi connectivity index (χ3n) is 4.16. The van der Waals surface area contributed by atoms with Gasteiger partial charge in [-0.15, -0.1) is 0 Å². The van der Waals surface area contributed by atoms with Gasteiger partial charge in [-0.05, 0) is 38.5 Å². The molecular weight excluding hydrogens is 405 g/mol. The molecule has 0 aliphatic heterocycles. The van der Waals surface area contributed by atoms with Crippen molar-refractivity contribution in [1.82, 2.24) is 15.0 Å². The summed E-state index contributed by atoms with van der Waals surface area (Å²) in [4.78, 5) is 35.8. The van der Waals surface area contributed by atoms with Crippen LogP contribution in [0.5, 0.6) is 5.88 Å². The number of ketones is 1. The molecule has 2 heterocycles. The first-order valence-corrected chi connectivity index (χ1v) is 9.21. The van der Waals surface area contributed by atoms with Crippen molar-refractivity contribution in [2.24, 2.45) is 0 Å². The topological polar surface area (TPSA) is 94.2 Å². The number of benzene rings is 1. The molecule has 0 radical (unpaired) electrons. The van der Waals surface area contributed by atoms with E-state index in [0.717, 1.165) is 0 Å². The van der Waals surface area contributed by atoms with E-state index in [-0.39, 0.29) is 30.6 Å². The van der Waals surface area contributed by atoms with Gasteiger partial charge in [0.2, 0.25) is 11.7 Å². The summed E-state index contributed by atoms with van der Waals surface area (Å²) in [6, 6.07) is 3.18. The first-order valence-electron chi connectivity index (χ1n) is 8.45. The molecule has 2 aromatic heterocycles. The number of ether oxygens (including phenoxy) is 2. The third kappa shape index (κ3) is 3.81. The van der Waals surface area contributed by atoms with E-state index in [1.54, 1.807) is 32.9 Å². The second-order valence-electron chi connectivity index (χ2n) is 6.02. The predicted octanol–water partition coefficient (Wildman–Crippen LogP) is 4.32. The van der Waals surface area contributed by atoms with Gasteiger partial charge in [-0.3, -0.25) is 4.79 Å². The Morgan fingerprint density at radius 1 is 1.18 bits per heavy atom. The summed E-state index contributed by atoms with van der Waals surface area (Å²) in [5.41, 5.74) is 2.19. The van der Waals surface area contributed by atoms with Crippen molar-refractivity contribution in [2.45, 2.75) is 20.8 Å². The first-order chi connectivity index (χ1) is 13.3. The molecule has 28 heavy (non-hydrogen) atoms. The molecule has 146 valence electrons. The quantitative estimate of drug-likeness (QED) is 0.470. The van der Waals surface area contributed by atoms with E-state index in [2.05, 4.69) is 15.0 Å². The van der Waals surface area contributed by atoms with Gasteiger partial charge in [0.1, 0.15) is 6.33 Å². The minimum atomic E-state index is -0.472. The summed E-state index contributed by atoms with van der Waals surface area (Å²) in [6.45, 7) is 5.07. The minimum absolute atomic E-state index is 0.189. The summed E-state index contributed by atoms with van der Waals surface area (Å²) in [7, 11) is 0. The van der Waals surface area contributed by atoms with Gasteiger partial charge in [0, 0.05) is 10.7 Å². The van der Waals surface area contributed by atoms with Gasteiger partial charge in [-0.2, -0.15) is 0 Å². The Labute approximate surface area is 171 Å². The lowest BCUT2D eigenvalue weighted by molar-refractivity contribution is 0.0525. The summed E-state index contributed by atoms with van der Waals surface area (Å²) in [6.07, 6.45) is 1.30. The zero-order chi connectivity index (χ0) is 20.4. The second kappa shape index (κ2) is 8.16. The number of aromatic amines is 1. The van der Waals surface area contributed by atoms with Crippen LogP contribution in [0, 0.1) is 13.8 Å². The van der Waals surface area contributed by atoms with Crippen LogP contribution in [0.15, 0.2) is 18.5 Å². The molecule has 0 spiro atoms. The van der Waals surface area contributed by atoms with E-state index >= 15 is 0 Å². The summed E-state index contributed by atoms with van der Waals surface area (Å²) in [5, 5.41) is 1.26. The Morgan fingerprint density at radius 2 is 1.93 bits per heavy atom. The van der Waals surface area contributed by atoms with Crippen LogP contribution in [0.1, 0.15) is 39.0 Å². The Hall–Kier alpha value is -2.64. The molecular formula is C19H17Cl2N3O4. The molecule has 0 saturated heterocycles. The Morgan fingerprint density at radius 3 is 2.64 bits per heavy atom. The van der Waals surface area contributed by atoms with Gasteiger partial charge in [-0.1, -0.05) is 23.2 Å². The molecule has 0 aliphatic rings. The van der Waals surface area contributed by atoms with Crippen molar-refractivity contribution < 1.29 is 19.1 Å². The highest BCUT2D eigenvalue weighted by atomic mass is 35.5. The Bertz CT molecular complexity index is 1080. The zero-order valence-corrected chi connectivity index (χ0v) is 16.9. The van der Waals surface area contributed by atoms with Crippen molar-refractivity contribution in [3.05, 3.63) is 51.0 Å². The van der Waals surface area contributed by atoms with Gasteiger partial charge < -0.3 is 14.5 Å².